The fourth-order valence-corrected chi connectivity index (χ4v) is 4.25. The van der Waals surface area contributed by atoms with Crippen LogP contribution in [0.4, 0.5) is 31.3 Å². The normalized spacial score (nSPS) is 15.3. The zero-order valence-corrected chi connectivity index (χ0v) is 22.3. The molecule has 3 aromatic rings. The molecule has 3 heterocycles. The molecule has 1 amide bonds. The summed E-state index contributed by atoms with van der Waals surface area (Å²) in [5.41, 5.74) is 0.740. The number of aromatic nitrogens is 5. The van der Waals surface area contributed by atoms with Gasteiger partial charge in [0.1, 0.15) is 23.1 Å². The van der Waals surface area contributed by atoms with Crippen LogP contribution in [0, 0.1) is 11.6 Å². The maximum absolute atomic E-state index is 14.2. The Morgan fingerprint density at radius 3 is 2.53 bits per heavy atom. The van der Waals surface area contributed by atoms with Gasteiger partial charge >= 0.3 is 6.09 Å². The van der Waals surface area contributed by atoms with Gasteiger partial charge in [0.15, 0.2) is 5.82 Å². The van der Waals surface area contributed by atoms with Crippen LogP contribution in [-0.2, 0) is 11.2 Å². The van der Waals surface area contributed by atoms with Gasteiger partial charge in [0, 0.05) is 48.8 Å². The minimum Gasteiger partial charge on any atom is -0.444 e. The molecule has 1 aliphatic heterocycles. The van der Waals surface area contributed by atoms with E-state index >= 15 is 0 Å². The second kappa shape index (κ2) is 11.3. The number of rotatable bonds is 7. The molecule has 3 N–H and O–H groups in total. The Balaban J connectivity index is 1.40. The van der Waals surface area contributed by atoms with Crippen molar-refractivity contribution in [2.45, 2.75) is 71.4 Å². The highest BCUT2D eigenvalue weighted by Gasteiger charge is 2.28. The molecule has 0 saturated carbocycles. The number of aromatic amines is 1. The molecule has 4 rings (SSSR count). The van der Waals surface area contributed by atoms with Crippen molar-refractivity contribution in [3.05, 3.63) is 53.0 Å². The average Bonchev–Trinajstić information content (AvgIpc) is 3.31. The molecule has 12 heteroatoms. The molecule has 1 atom stereocenters. The summed E-state index contributed by atoms with van der Waals surface area (Å²) in [6.45, 7) is 10.5. The number of likely N-dealkylation sites (tertiary alicyclic amines) is 1. The molecule has 1 saturated heterocycles. The number of nitrogens with one attached hydrogen (secondary N) is 3. The van der Waals surface area contributed by atoms with Crippen LogP contribution >= 0.6 is 0 Å². The zero-order valence-electron chi connectivity index (χ0n) is 22.3. The van der Waals surface area contributed by atoms with Gasteiger partial charge in [-0.25, -0.2) is 13.6 Å². The number of carbonyl (C=O) groups excluding carboxylic acids is 1. The van der Waals surface area contributed by atoms with Gasteiger partial charge in [-0.1, -0.05) is 13.0 Å². The zero-order chi connectivity index (χ0) is 27.4. The Morgan fingerprint density at radius 1 is 1.16 bits per heavy atom. The van der Waals surface area contributed by atoms with E-state index in [1.807, 2.05) is 33.8 Å². The number of carbonyl (C=O) groups is 1. The number of aryl methyl sites for hydroxylation is 1. The number of piperidine rings is 1. The van der Waals surface area contributed by atoms with Crippen molar-refractivity contribution in [3.8, 4) is 0 Å². The minimum absolute atomic E-state index is 0.227. The van der Waals surface area contributed by atoms with Gasteiger partial charge in [0.25, 0.3) is 0 Å². The fraction of sp³-hybridized carbons (Fsp3) is 0.500. The molecule has 1 aromatic carbocycles. The topological polar surface area (TPSA) is 121 Å². The first-order valence-electron chi connectivity index (χ1n) is 12.8. The van der Waals surface area contributed by atoms with Crippen molar-refractivity contribution in [3.63, 3.8) is 0 Å². The highest BCUT2D eigenvalue weighted by Crippen LogP contribution is 2.29. The van der Waals surface area contributed by atoms with Crippen LogP contribution in [0.5, 0.6) is 0 Å². The van der Waals surface area contributed by atoms with Crippen LogP contribution in [0.1, 0.15) is 76.5 Å². The van der Waals surface area contributed by atoms with Gasteiger partial charge in [-0.05, 0) is 46.6 Å². The third-order valence-electron chi connectivity index (χ3n) is 6.20. The predicted octanol–water partition coefficient (Wildman–Crippen LogP) is 5.47. The van der Waals surface area contributed by atoms with Crippen LogP contribution in [0.2, 0.25) is 0 Å². The molecule has 38 heavy (non-hydrogen) atoms. The lowest BCUT2D eigenvalue weighted by Crippen LogP contribution is -2.41. The molecular formula is C26H34F2N8O2. The maximum atomic E-state index is 14.2. The lowest BCUT2D eigenvalue weighted by Gasteiger charge is -2.33. The van der Waals surface area contributed by atoms with Crippen LogP contribution in [0.3, 0.4) is 0 Å². The summed E-state index contributed by atoms with van der Waals surface area (Å²) in [6, 6.07) is 4.87. The maximum Gasteiger partial charge on any atom is 0.410 e. The first-order valence-corrected chi connectivity index (χ1v) is 12.8. The molecule has 0 radical (unpaired) electrons. The van der Waals surface area contributed by atoms with E-state index in [4.69, 9.17) is 4.74 Å². The Kier molecular flexibility index (Phi) is 8.08. The van der Waals surface area contributed by atoms with Gasteiger partial charge in [0.05, 0.1) is 6.04 Å². The number of halogens is 2. The molecular weight excluding hydrogens is 494 g/mol. The molecule has 0 aliphatic carbocycles. The largest absolute Gasteiger partial charge is 0.444 e. The van der Waals surface area contributed by atoms with Crippen molar-refractivity contribution >= 4 is 23.8 Å². The van der Waals surface area contributed by atoms with Crippen LogP contribution in [-0.4, -0.2) is 54.8 Å². The highest BCUT2D eigenvalue weighted by atomic mass is 19.1. The number of amides is 1. The molecule has 204 valence electrons. The van der Waals surface area contributed by atoms with E-state index in [0.717, 1.165) is 24.6 Å². The standard InChI is InChI=1S/C26H34F2N8O2/c1-6-21-30-23(29-15(2)18-8-7-17(27)13-19(18)28)33-24(31-21)32-22-14-20(34-35-22)16-9-11-36(12-10-16)25(37)38-26(3,4)5/h7-8,13-16H,6,9-12H2,1-5H3,(H3,29,30,31,32,33,34,35). The van der Waals surface area contributed by atoms with E-state index < -0.39 is 23.3 Å². The lowest BCUT2D eigenvalue weighted by atomic mass is 9.94. The second-order valence-corrected chi connectivity index (χ2v) is 10.4. The van der Waals surface area contributed by atoms with Gasteiger partial charge in [-0.2, -0.15) is 20.1 Å². The van der Waals surface area contributed by atoms with Crippen molar-refractivity contribution in [2.24, 2.45) is 0 Å². The summed E-state index contributed by atoms with van der Waals surface area (Å²) in [4.78, 5) is 27.3. The molecule has 2 aromatic heterocycles. The van der Waals surface area contributed by atoms with Crippen molar-refractivity contribution in [2.75, 3.05) is 23.7 Å². The van der Waals surface area contributed by atoms with E-state index in [1.54, 1.807) is 11.8 Å². The van der Waals surface area contributed by atoms with Crippen LogP contribution < -0.4 is 10.6 Å². The lowest BCUT2D eigenvalue weighted by molar-refractivity contribution is 0.0204. The quantitative estimate of drug-likeness (QED) is 0.369. The Hall–Kier alpha value is -3.83. The summed E-state index contributed by atoms with van der Waals surface area (Å²) in [5.74, 6) is 0.600. The molecule has 1 aliphatic rings. The third kappa shape index (κ3) is 6.93. The molecule has 10 nitrogen and oxygen atoms in total. The monoisotopic (exact) mass is 528 g/mol. The number of hydrogen-bond donors (Lipinski definition) is 3. The van der Waals surface area contributed by atoms with Gasteiger partial charge in [-0.15, -0.1) is 0 Å². The summed E-state index contributed by atoms with van der Waals surface area (Å²) in [7, 11) is 0. The van der Waals surface area contributed by atoms with Crippen LogP contribution in [0.25, 0.3) is 0 Å². The number of ether oxygens (including phenoxy) is 1. The SMILES string of the molecule is CCc1nc(Nc2cc(C3CCN(C(=O)OC(C)(C)C)CC3)[nH]n2)nc(NC(C)c2ccc(F)cc2F)n1. The molecule has 1 unspecified atom stereocenters. The molecule has 1 fully saturated rings. The van der Waals surface area contributed by atoms with E-state index in [1.165, 1.54) is 12.1 Å². The number of benzene rings is 1. The summed E-state index contributed by atoms with van der Waals surface area (Å²) in [6.07, 6.45) is 1.86. The van der Waals surface area contributed by atoms with E-state index in [0.29, 0.717) is 42.7 Å². The summed E-state index contributed by atoms with van der Waals surface area (Å²) < 4.78 is 33.0. The average molecular weight is 529 g/mol. The first kappa shape index (κ1) is 27.2. The fourth-order valence-electron chi connectivity index (χ4n) is 4.25. The molecule has 0 bridgehead atoms. The summed E-state index contributed by atoms with van der Waals surface area (Å²) in [5, 5.41) is 13.6. The Bertz CT molecular complexity index is 1270. The number of anilines is 3. The van der Waals surface area contributed by atoms with Crippen molar-refractivity contribution < 1.29 is 18.3 Å². The van der Waals surface area contributed by atoms with E-state index in [9.17, 15) is 13.6 Å². The van der Waals surface area contributed by atoms with E-state index in [2.05, 4.69) is 35.8 Å². The van der Waals surface area contributed by atoms with Gasteiger partial charge < -0.3 is 20.3 Å². The van der Waals surface area contributed by atoms with Crippen molar-refractivity contribution in [1.29, 1.82) is 0 Å². The molecule has 0 spiro atoms. The predicted molar refractivity (Wildman–Crippen MR) is 139 cm³/mol. The number of hydrogen-bond acceptors (Lipinski definition) is 8. The summed E-state index contributed by atoms with van der Waals surface area (Å²) >= 11 is 0. The first-order chi connectivity index (χ1) is 18.0. The van der Waals surface area contributed by atoms with Gasteiger partial charge in [0.2, 0.25) is 11.9 Å². The smallest absolute Gasteiger partial charge is 0.410 e. The van der Waals surface area contributed by atoms with E-state index in [-0.39, 0.29) is 18.0 Å². The number of nitrogens with zero attached hydrogens (tertiary/aromatic N) is 5. The van der Waals surface area contributed by atoms with Crippen LogP contribution in [0.15, 0.2) is 24.3 Å². The minimum atomic E-state index is -0.644. The Morgan fingerprint density at radius 2 is 1.87 bits per heavy atom. The number of H-pyrrole nitrogens is 1. The Labute approximate surface area is 220 Å². The van der Waals surface area contributed by atoms with Gasteiger partial charge in [-0.3, -0.25) is 5.10 Å². The highest BCUT2D eigenvalue weighted by molar-refractivity contribution is 5.68. The van der Waals surface area contributed by atoms with Crippen molar-refractivity contribution in [1.82, 2.24) is 30.0 Å². The third-order valence-corrected chi connectivity index (χ3v) is 6.20. The second-order valence-electron chi connectivity index (χ2n) is 10.4.